The average molecular weight is 282 g/mol. The first-order valence-electron chi connectivity index (χ1n) is 6.22. The van der Waals surface area contributed by atoms with Crippen LogP contribution in [0.3, 0.4) is 0 Å². The number of halogens is 1. The first kappa shape index (κ1) is 12.2. The van der Waals surface area contributed by atoms with E-state index < -0.39 is 0 Å². The molecule has 0 saturated heterocycles. The van der Waals surface area contributed by atoms with E-state index in [0.29, 0.717) is 6.04 Å². The van der Waals surface area contributed by atoms with Crippen molar-refractivity contribution in [2.75, 3.05) is 6.54 Å². The van der Waals surface area contributed by atoms with Gasteiger partial charge in [0.1, 0.15) is 0 Å². The smallest absolute Gasteiger partial charge is 0.0934 e. The molecule has 2 aromatic rings. The molecule has 5 heteroatoms. The number of hydrogen-bond acceptors (Lipinski definition) is 3. The molecule has 0 spiro atoms. The molecule has 96 valence electrons. The Morgan fingerprint density at radius 1 is 1.61 bits per heavy atom. The van der Waals surface area contributed by atoms with E-state index in [4.69, 9.17) is 11.6 Å². The lowest BCUT2D eigenvalue weighted by molar-refractivity contribution is 0.526. The SMILES string of the molecule is Cn1nccc1CCNC1CCc2sc(Cl)cc21. The summed E-state index contributed by atoms with van der Waals surface area (Å²) in [5, 5.41) is 7.80. The average Bonchev–Trinajstić information content (AvgIpc) is 2.98. The van der Waals surface area contributed by atoms with Crippen LogP contribution in [-0.4, -0.2) is 16.3 Å². The molecular weight excluding hydrogens is 266 g/mol. The zero-order chi connectivity index (χ0) is 12.5. The molecule has 0 aromatic carbocycles. The standard InChI is InChI=1S/C13H16ClN3S/c1-17-9(5-7-16-17)4-6-15-11-2-3-12-10(11)8-13(14)18-12/h5,7-8,11,15H,2-4,6H2,1H3. The zero-order valence-corrected chi connectivity index (χ0v) is 11.9. The summed E-state index contributed by atoms with van der Waals surface area (Å²) >= 11 is 7.78. The molecule has 18 heavy (non-hydrogen) atoms. The minimum Gasteiger partial charge on any atom is -0.310 e. The predicted octanol–water partition coefficient (Wildman–Crippen LogP) is 2.95. The number of aromatic nitrogens is 2. The largest absolute Gasteiger partial charge is 0.310 e. The van der Waals surface area contributed by atoms with Crippen molar-refractivity contribution >= 4 is 22.9 Å². The number of nitrogens with zero attached hydrogens (tertiary/aromatic N) is 2. The molecule has 1 aliphatic rings. The van der Waals surface area contributed by atoms with Crippen molar-refractivity contribution in [3.63, 3.8) is 0 Å². The van der Waals surface area contributed by atoms with Crippen LogP contribution in [0.15, 0.2) is 18.3 Å². The Labute approximate surface area is 116 Å². The van der Waals surface area contributed by atoms with Crippen molar-refractivity contribution in [3.05, 3.63) is 38.8 Å². The summed E-state index contributed by atoms with van der Waals surface area (Å²) < 4.78 is 2.85. The van der Waals surface area contributed by atoms with Gasteiger partial charge in [-0.1, -0.05) is 11.6 Å². The monoisotopic (exact) mass is 281 g/mol. The molecule has 0 aliphatic heterocycles. The maximum Gasteiger partial charge on any atom is 0.0934 e. The van der Waals surface area contributed by atoms with Gasteiger partial charge in [-0.3, -0.25) is 4.68 Å². The van der Waals surface area contributed by atoms with Crippen LogP contribution < -0.4 is 5.32 Å². The lowest BCUT2D eigenvalue weighted by Crippen LogP contribution is -2.22. The van der Waals surface area contributed by atoms with Crippen molar-refractivity contribution in [2.24, 2.45) is 7.05 Å². The first-order valence-corrected chi connectivity index (χ1v) is 7.42. The van der Waals surface area contributed by atoms with Gasteiger partial charge in [-0.05, 0) is 30.5 Å². The molecule has 0 bridgehead atoms. The van der Waals surface area contributed by atoms with Crippen LogP contribution in [0.2, 0.25) is 4.34 Å². The van der Waals surface area contributed by atoms with Crippen molar-refractivity contribution in [2.45, 2.75) is 25.3 Å². The molecule has 1 aliphatic carbocycles. The van der Waals surface area contributed by atoms with Gasteiger partial charge in [-0.25, -0.2) is 0 Å². The Morgan fingerprint density at radius 3 is 3.28 bits per heavy atom. The number of aryl methyl sites for hydroxylation is 2. The fourth-order valence-electron chi connectivity index (χ4n) is 2.56. The Kier molecular flexibility index (Phi) is 3.41. The van der Waals surface area contributed by atoms with Gasteiger partial charge in [0.25, 0.3) is 0 Å². The van der Waals surface area contributed by atoms with Gasteiger partial charge < -0.3 is 5.32 Å². The fourth-order valence-corrected chi connectivity index (χ4v) is 3.92. The van der Waals surface area contributed by atoms with Gasteiger partial charge in [0, 0.05) is 42.8 Å². The minimum absolute atomic E-state index is 0.483. The van der Waals surface area contributed by atoms with E-state index >= 15 is 0 Å². The lowest BCUT2D eigenvalue weighted by atomic mass is 10.1. The predicted molar refractivity (Wildman–Crippen MR) is 75.3 cm³/mol. The van der Waals surface area contributed by atoms with Crippen LogP contribution in [-0.2, 0) is 19.9 Å². The highest BCUT2D eigenvalue weighted by Gasteiger charge is 2.24. The van der Waals surface area contributed by atoms with E-state index in [1.165, 1.54) is 22.6 Å². The van der Waals surface area contributed by atoms with Crippen LogP contribution >= 0.6 is 22.9 Å². The van der Waals surface area contributed by atoms with Gasteiger partial charge in [-0.2, -0.15) is 5.10 Å². The van der Waals surface area contributed by atoms with Crippen LogP contribution in [0.1, 0.15) is 28.6 Å². The molecule has 1 atom stereocenters. The number of rotatable bonds is 4. The summed E-state index contributed by atoms with van der Waals surface area (Å²) in [7, 11) is 1.99. The molecule has 1 unspecified atom stereocenters. The van der Waals surface area contributed by atoms with Crippen molar-refractivity contribution in [3.8, 4) is 0 Å². The molecule has 0 amide bonds. The Hall–Kier alpha value is -0.840. The Bertz CT molecular complexity index is 546. The number of nitrogens with one attached hydrogen (secondary N) is 1. The number of thiophene rings is 1. The van der Waals surface area contributed by atoms with Crippen molar-refractivity contribution in [1.29, 1.82) is 0 Å². The van der Waals surface area contributed by atoms with Crippen molar-refractivity contribution < 1.29 is 0 Å². The summed E-state index contributed by atoms with van der Waals surface area (Å²) in [5.41, 5.74) is 2.68. The third-order valence-corrected chi connectivity index (χ3v) is 4.88. The summed E-state index contributed by atoms with van der Waals surface area (Å²) in [6.07, 6.45) is 5.22. The van der Waals surface area contributed by atoms with Crippen LogP contribution in [0.4, 0.5) is 0 Å². The summed E-state index contributed by atoms with van der Waals surface area (Å²) in [6, 6.07) is 4.68. The Balaban J connectivity index is 1.57. The highest BCUT2D eigenvalue weighted by molar-refractivity contribution is 7.16. The number of hydrogen-bond donors (Lipinski definition) is 1. The molecule has 0 saturated carbocycles. The quantitative estimate of drug-likeness (QED) is 0.934. The third kappa shape index (κ3) is 2.32. The summed E-state index contributed by atoms with van der Waals surface area (Å²) in [5.74, 6) is 0. The van der Waals surface area contributed by atoms with E-state index in [-0.39, 0.29) is 0 Å². The van der Waals surface area contributed by atoms with E-state index in [1.807, 2.05) is 17.9 Å². The first-order chi connectivity index (χ1) is 8.74. The second-order valence-electron chi connectivity index (χ2n) is 4.67. The maximum atomic E-state index is 6.06. The minimum atomic E-state index is 0.483. The van der Waals surface area contributed by atoms with Gasteiger partial charge >= 0.3 is 0 Å². The van der Waals surface area contributed by atoms with E-state index in [1.54, 1.807) is 11.3 Å². The zero-order valence-electron chi connectivity index (χ0n) is 10.3. The molecule has 0 radical (unpaired) electrons. The van der Waals surface area contributed by atoms with Crippen LogP contribution in [0.25, 0.3) is 0 Å². The molecular formula is C13H16ClN3S. The van der Waals surface area contributed by atoms with Crippen molar-refractivity contribution in [1.82, 2.24) is 15.1 Å². The maximum absolute atomic E-state index is 6.06. The van der Waals surface area contributed by atoms with E-state index in [2.05, 4.69) is 22.5 Å². The molecule has 2 heterocycles. The molecule has 1 N–H and O–H groups in total. The second kappa shape index (κ2) is 5.03. The normalized spacial score (nSPS) is 18.2. The third-order valence-electron chi connectivity index (χ3n) is 3.54. The van der Waals surface area contributed by atoms with Gasteiger partial charge in [-0.15, -0.1) is 11.3 Å². The number of fused-ring (bicyclic) bond motifs is 1. The Morgan fingerprint density at radius 2 is 2.50 bits per heavy atom. The highest BCUT2D eigenvalue weighted by Crippen LogP contribution is 2.39. The van der Waals surface area contributed by atoms with Gasteiger partial charge in [0.15, 0.2) is 0 Å². The fraction of sp³-hybridized carbons (Fsp3) is 0.462. The van der Waals surface area contributed by atoms with E-state index in [9.17, 15) is 0 Å². The van der Waals surface area contributed by atoms with E-state index in [0.717, 1.165) is 23.7 Å². The molecule has 3 nitrogen and oxygen atoms in total. The topological polar surface area (TPSA) is 29.9 Å². The molecule has 3 rings (SSSR count). The van der Waals surface area contributed by atoms with Gasteiger partial charge in [0.05, 0.1) is 4.34 Å². The second-order valence-corrected chi connectivity index (χ2v) is 6.44. The molecule has 2 aromatic heterocycles. The van der Waals surface area contributed by atoms with Crippen LogP contribution in [0.5, 0.6) is 0 Å². The lowest BCUT2D eigenvalue weighted by Gasteiger charge is -2.12. The highest BCUT2D eigenvalue weighted by atomic mass is 35.5. The molecule has 0 fully saturated rings. The van der Waals surface area contributed by atoms with Crippen LogP contribution in [0, 0.1) is 0 Å². The summed E-state index contributed by atoms with van der Waals surface area (Å²) in [4.78, 5) is 1.46. The summed E-state index contributed by atoms with van der Waals surface area (Å²) in [6.45, 7) is 0.983. The van der Waals surface area contributed by atoms with Gasteiger partial charge in [0.2, 0.25) is 0 Å².